The van der Waals surface area contributed by atoms with E-state index >= 15 is 0 Å². The SMILES string of the molecule is CN(C)[C@]1(c2ccccc2)CC[C@]2(CC1)CN(CC(=O)N1CCOCC1)C(=O)N2CC1CC1. The van der Waals surface area contributed by atoms with E-state index in [-0.39, 0.29) is 29.6 Å². The average molecular weight is 455 g/mol. The Morgan fingerprint density at radius 1 is 1.06 bits per heavy atom. The zero-order valence-electron chi connectivity index (χ0n) is 20.2. The van der Waals surface area contributed by atoms with Crippen molar-refractivity contribution in [3.05, 3.63) is 35.9 Å². The van der Waals surface area contributed by atoms with E-state index in [9.17, 15) is 9.59 Å². The van der Waals surface area contributed by atoms with E-state index in [0.29, 0.717) is 38.8 Å². The molecule has 0 atom stereocenters. The van der Waals surface area contributed by atoms with Gasteiger partial charge in [0.1, 0.15) is 6.54 Å². The number of hydrogen-bond acceptors (Lipinski definition) is 4. The van der Waals surface area contributed by atoms with Gasteiger partial charge in [-0.1, -0.05) is 30.3 Å². The highest BCUT2D eigenvalue weighted by atomic mass is 16.5. The van der Waals surface area contributed by atoms with Crippen LogP contribution >= 0.6 is 0 Å². The third kappa shape index (κ3) is 4.26. The fraction of sp³-hybridized carbons (Fsp3) is 0.692. The molecule has 7 nitrogen and oxygen atoms in total. The molecular weight excluding hydrogens is 416 g/mol. The van der Waals surface area contributed by atoms with Gasteiger partial charge in [-0.15, -0.1) is 0 Å². The molecule has 2 aliphatic carbocycles. The quantitative estimate of drug-likeness (QED) is 0.663. The number of nitrogens with zero attached hydrogens (tertiary/aromatic N) is 4. The maximum atomic E-state index is 13.6. The molecular formula is C26H38N4O3. The number of carbonyl (C=O) groups excluding carboxylic acids is 2. The third-order valence-corrected chi connectivity index (χ3v) is 8.56. The second-order valence-corrected chi connectivity index (χ2v) is 10.7. The van der Waals surface area contributed by atoms with Crippen LogP contribution in [0, 0.1) is 5.92 Å². The molecule has 0 bridgehead atoms. The lowest BCUT2D eigenvalue weighted by Gasteiger charge is -2.51. The molecule has 180 valence electrons. The van der Waals surface area contributed by atoms with E-state index in [1.54, 1.807) is 0 Å². The molecule has 0 aromatic heterocycles. The summed E-state index contributed by atoms with van der Waals surface area (Å²) in [5.74, 6) is 0.688. The first-order chi connectivity index (χ1) is 15.9. The van der Waals surface area contributed by atoms with Crippen LogP contribution in [0.5, 0.6) is 0 Å². The van der Waals surface area contributed by atoms with E-state index in [0.717, 1.165) is 32.2 Å². The predicted molar refractivity (Wildman–Crippen MR) is 127 cm³/mol. The molecule has 33 heavy (non-hydrogen) atoms. The van der Waals surface area contributed by atoms with Gasteiger partial charge < -0.3 is 19.4 Å². The molecule has 2 aliphatic heterocycles. The summed E-state index contributed by atoms with van der Waals surface area (Å²) in [6, 6.07) is 10.9. The molecule has 0 unspecified atom stereocenters. The molecule has 2 saturated heterocycles. The first-order valence-electron chi connectivity index (χ1n) is 12.6. The molecule has 7 heteroatoms. The molecule has 2 heterocycles. The maximum absolute atomic E-state index is 13.6. The van der Waals surface area contributed by atoms with Crippen LogP contribution in [-0.4, -0.2) is 97.1 Å². The molecule has 1 aromatic rings. The van der Waals surface area contributed by atoms with Crippen molar-refractivity contribution in [2.75, 3.05) is 60.0 Å². The van der Waals surface area contributed by atoms with Gasteiger partial charge in [0.2, 0.25) is 5.91 Å². The number of morpholine rings is 1. The molecule has 4 fully saturated rings. The summed E-state index contributed by atoms with van der Waals surface area (Å²) in [6.07, 6.45) is 6.42. The van der Waals surface area contributed by atoms with Crippen molar-refractivity contribution in [3.8, 4) is 0 Å². The van der Waals surface area contributed by atoms with Gasteiger partial charge in [-0.25, -0.2) is 4.79 Å². The summed E-state index contributed by atoms with van der Waals surface area (Å²) in [4.78, 5) is 34.7. The summed E-state index contributed by atoms with van der Waals surface area (Å²) in [6.45, 7) is 4.14. The molecule has 3 amide bonds. The summed E-state index contributed by atoms with van der Waals surface area (Å²) >= 11 is 0. The largest absolute Gasteiger partial charge is 0.378 e. The highest BCUT2D eigenvalue weighted by Gasteiger charge is 2.55. The first-order valence-corrected chi connectivity index (χ1v) is 12.6. The van der Waals surface area contributed by atoms with Crippen LogP contribution in [0.15, 0.2) is 30.3 Å². The van der Waals surface area contributed by atoms with Crippen LogP contribution in [-0.2, 0) is 15.1 Å². The van der Waals surface area contributed by atoms with Crippen molar-refractivity contribution in [2.45, 2.75) is 49.6 Å². The van der Waals surface area contributed by atoms with Gasteiger partial charge in [-0.3, -0.25) is 9.69 Å². The fourth-order valence-corrected chi connectivity index (χ4v) is 6.21. The lowest BCUT2D eigenvalue weighted by atomic mass is 9.68. The highest BCUT2D eigenvalue weighted by Crippen LogP contribution is 2.49. The Bertz CT molecular complexity index is 856. The Labute approximate surface area is 197 Å². The molecule has 5 rings (SSSR count). The zero-order chi connectivity index (χ0) is 23.1. The van der Waals surface area contributed by atoms with E-state index in [1.807, 2.05) is 9.80 Å². The van der Waals surface area contributed by atoms with Crippen molar-refractivity contribution in [2.24, 2.45) is 5.92 Å². The van der Waals surface area contributed by atoms with Crippen molar-refractivity contribution < 1.29 is 14.3 Å². The molecule has 1 spiro atoms. The average Bonchev–Trinajstić information content (AvgIpc) is 3.63. The Morgan fingerprint density at radius 2 is 1.73 bits per heavy atom. The highest BCUT2D eigenvalue weighted by molar-refractivity contribution is 5.86. The van der Waals surface area contributed by atoms with E-state index in [1.165, 1.54) is 18.4 Å². The minimum Gasteiger partial charge on any atom is -0.378 e. The predicted octanol–water partition coefficient (Wildman–Crippen LogP) is 2.76. The van der Waals surface area contributed by atoms with Crippen molar-refractivity contribution in [1.82, 2.24) is 19.6 Å². The number of urea groups is 1. The Hall–Kier alpha value is -2.12. The van der Waals surface area contributed by atoms with Gasteiger partial charge in [0.25, 0.3) is 0 Å². The van der Waals surface area contributed by atoms with Crippen LogP contribution in [0.1, 0.15) is 44.1 Å². The van der Waals surface area contributed by atoms with E-state index in [4.69, 9.17) is 4.74 Å². The summed E-state index contributed by atoms with van der Waals surface area (Å²) < 4.78 is 5.39. The lowest BCUT2D eigenvalue weighted by molar-refractivity contribution is -0.135. The van der Waals surface area contributed by atoms with E-state index < -0.39 is 0 Å². The molecule has 2 saturated carbocycles. The minimum absolute atomic E-state index is 0.00213. The third-order valence-electron chi connectivity index (χ3n) is 8.56. The maximum Gasteiger partial charge on any atom is 0.321 e. The molecule has 1 aromatic carbocycles. The van der Waals surface area contributed by atoms with Gasteiger partial charge in [-0.05, 0) is 64.1 Å². The molecule has 0 N–H and O–H groups in total. The Balaban J connectivity index is 1.34. The van der Waals surface area contributed by atoms with Gasteiger partial charge in [0.15, 0.2) is 0 Å². The standard InChI is InChI=1S/C26H38N4O3/c1-27(2)26(22-6-4-3-5-7-22)12-10-25(11-13-26)20-29(24(32)30(25)18-21-8-9-21)19-23(31)28-14-16-33-17-15-28/h3-7,21H,8-20H2,1-2H3/t25-,26+. The number of carbonyl (C=O) groups is 2. The summed E-state index contributed by atoms with van der Waals surface area (Å²) in [7, 11) is 4.36. The topological polar surface area (TPSA) is 56.3 Å². The smallest absolute Gasteiger partial charge is 0.321 e. The minimum atomic E-state index is -0.154. The monoisotopic (exact) mass is 454 g/mol. The van der Waals surface area contributed by atoms with Crippen molar-refractivity contribution in [3.63, 3.8) is 0 Å². The Morgan fingerprint density at radius 3 is 2.33 bits per heavy atom. The van der Waals surface area contributed by atoms with Crippen LogP contribution in [0.4, 0.5) is 4.79 Å². The van der Waals surface area contributed by atoms with Crippen molar-refractivity contribution in [1.29, 1.82) is 0 Å². The second kappa shape index (κ2) is 8.91. The first kappa shape index (κ1) is 22.7. The van der Waals surface area contributed by atoms with Crippen LogP contribution in [0.2, 0.25) is 0 Å². The summed E-state index contributed by atoms with van der Waals surface area (Å²) in [5, 5.41) is 0. The molecule has 4 aliphatic rings. The Kier molecular flexibility index (Phi) is 6.12. The normalized spacial score (nSPS) is 30.5. The number of rotatable bonds is 6. The van der Waals surface area contributed by atoms with Crippen LogP contribution in [0.3, 0.4) is 0 Å². The molecule has 0 radical (unpaired) electrons. The zero-order valence-corrected chi connectivity index (χ0v) is 20.2. The summed E-state index contributed by atoms with van der Waals surface area (Å²) in [5.41, 5.74) is 1.21. The second-order valence-electron chi connectivity index (χ2n) is 10.7. The fourth-order valence-electron chi connectivity index (χ4n) is 6.21. The van der Waals surface area contributed by atoms with Gasteiger partial charge in [-0.2, -0.15) is 0 Å². The number of ether oxygens (including phenoxy) is 1. The van der Waals surface area contributed by atoms with E-state index in [2.05, 4.69) is 54.2 Å². The van der Waals surface area contributed by atoms with Crippen molar-refractivity contribution >= 4 is 11.9 Å². The number of benzene rings is 1. The van der Waals surface area contributed by atoms with Crippen LogP contribution < -0.4 is 0 Å². The van der Waals surface area contributed by atoms with Gasteiger partial charge >= 0.3 is 6.03 Å². The van der Waals surface area contributed by atoms with Gasteiger partial charge in [0.05, 0.1) is 18.8 Å². The van der Waals surface area contributed by atoms with Gasteiger partial charge in [0, 0.05) is 31.7 Å². The lowest BCUT2D eigenvalue weighted by Crippen LogP contribution is -2.55. The number of hydrogen-bond donors (Lipinski definition) is 0. The van der Waals surface area contributed by atoms with Crippen LogP contribution in [0.25, 0.3) is 0 Å². The number of amides is 3.